The number of hydrogen-bond donors (Lipinski definition) is 1. The summed E-state index contributed by atoms with van der Waals surface area (Å²) in [5.41, 5.74) is 2.75. The van der Waals surface area contributed by atoms with Crippen molar-refractivity contribution in [3.8, 4) is 11.5 Å². The molecule has 0 unspecified atom stereocenters. The molecule has 0 fully saturated rings. The van der Waals surface area contributed by atoms with E-state index in [1.165, 1.54) is 11.3 Å². The topological polar surface area (TPSA) is 63.7 Å². The van der Waals surface area contributed by atoms with Gasteiger partial charge in [-0.3, -0.25) is 9.69 Å². The van der Waals surface area contributed by atoms with Crippen LogP contribution >= 0.6 is 22.9 Å². The molecule has 3 aromatic rings. The van der Waals surface area contributed by atoms with Crippen LogP contribution in [0.15, 0.2) is 47.8 Å². The lowest BCUT2D eigenvalue weighted by molar-refractivity contribution is 0.0944. The number of rotatable bonds is 9. The minimum absolute atomic E-state index is 0.124. The van der Waals surface area contributed by atoms with Gasteiger partial charge in [-0.25, -0.2) is 4.98 Å². The van der Waals surface area contributed by atoms with Crippen molar-refractivity contribution in [1.82, 2.24) is 15.2 Å². The van der Waals surface area contributed by atoms with E-state index in [9.17, 15) is 4.79 Å². The summed E-state index contributed by atoms with van der Waals surface area (Å²) < 4.78 is 11.0. The van der Waals surface area contributed by atoms with Gasteiger partial charge in [0.15, 0.2) is 11.5 Å². The first-order chi connectivity index (χ1) is 15.5. The van der Waals surface area contributed by atoms with Gasteiger partial charge in [-0.1, -0.05) is 43.6 Å². The van der Waals surface area contributed by atoms with Gasteiger partial charge in [0.05, 0.1) is 6.54 Å². The molecule has 1 N–H and O–H groups in total. The third kappa shape index (κ3) is 6.00. The minimum Gasteiger partial charge on any atom is -0.454 e. The Hall–Kier alpha value is -2.61. The number of nitrogens with one attached hydrogen (secondary N) is 1. The zero-order valence-corrected chi connectivity index (χ0v) is 19.7. The van der Waals surface area contributed by atoms with Gasteiger partial charge >= 0.3 is 0 Å². The summed E-state index contributed by atoms with van der Waals surface area (Å²) in [4.78, 5) is 19.2. The number of fused-ring (bicyclic) bond motifs is 1. The predicted octanol–water partition coefficient (Wildman–Crippen LogP) is 5.11. The second-order valence-corrected chi connectivity index (χ2v) is 9.57. The van der Waals surface area contributed by atoms with Crippen molar-refractivity contribution in [2.45, 2.75) is 33.5 Å². The van der Waals surface area contributed by atoms with Crippen LogP contribution in [0.2, 0.25) is 5.02 Å². The highest BCUT2D eigenvalue weighted by molar-refractivity contribution is 7.09. The highest BCUT2D eigenvalue weighted by Gasteiger charge is 2.17. The molecule has 2 aromatic carbocycles. The summed E-state index contributed by atoms with van der Waals surface area (Å²) in [7, 11) is 0. The first kappa shape index (κ1) is 22.6. The maximum Gasteiger partial charge on any atom is 0.270 e. The molecule has 2 heterocycles. The molecule has 0 spiro atoms. The highest BCUT2D eigenvalue weighted by atomic mass is 35.5. The molecular formula is C24H26ClN3O3S. The van der Waals surface area contributed by atoms with Crippen molar-refractivity contribution in [3.63, 3.8) is 0 Å². The van der Waals surface area contributed by atoms with Crippen LogP contribution in [0.5, 0.6) is 11.5 Å². The summed E-state index contributed by atoms with van der Waals surface area (Å²) in [6.07, 6.45) is 0. The number of ether oxygens (including phenoxy) is 2. The Morgan fingerprint density at radius 1 is 1.09 bits per heavy atom. The summed E-state index contributed by atoms with van der Waals surface area (Å²) in [5.74, 6) is 1.82. The van der Waals surface area contributed by atoms with Crippen LogP contribution < -0.4 is 14.8 Å². The fourth-order valence-corrected chi connectivity index (χ4v) is 4.32. The standard InChI is InChI=1S/C24H26ClN3O3S/c1-16(2)10-26-24(29)20-14-32-23(27-20)13-28(11-17-3-6-19(25)7-4-17)12-18-5-8-21-22(9-18)31-15-30-21/h3-9,14,16H,10-13,15H2,1-2H3,(H,26,29). The van der Waals surface area contributed by atoms with E-state index in [0.717, 1.165) is 34.2 Å². The number of carbonyl (C=O) groups excluding carboxylic acids is 1. The van der Waals surface area contributed by atoms with Crippen molar-refractivity contribution in [3.05, 3.63) is 74.7 Å². The smallest absolute Gasteiger partial charge is 0.270 e. The monoisotopic (exact) mass is 471 g/mol. The Kier molecular flexibility index (Phi) is 7.29. The quantitative estimate of drug-likeness (QED) is 0.469. The molecule has 0 saturated carbocycles. The van der Waals surface area contributed by atoms with Crippen LogP contribution in [0.4, 0.5) is 0 Å². The Morgan fingerprint density at radius 3 is 2.59 bits per heavy atom. The van der Waals surface area contributed by atoms with Crippen molar-refractivity contribution in [2.75, 3.05) is 13.3 Å². The SMILES string of the molecule is CC(C)CNC(=O)c1csc(CN(Cc2ccc(Cl)cc2)Cc2ccc3c(c2)OCO3)n1. The zero-order valence-electron chi connectivity index (χ0n) is 18.1. The largest absolute Gasteiger partial charge is 0.454 e. The van der Waals surface area contributed by atoms with Gasteiger partial charge in [-0.05, 0) is 41.3 Å². The molecule has 0 saturated heterocycles. The fourth-order valence-electron chi connectivity index (χ4n) is 3.38. The first-order valence-corrected chi connectivity index (χ1v) is 11.8. The highest BCUT2D eigenvalue weighted by Crippen LogP contribution is 2.33. The second-order valence-electron chi connectivity index (χ2n) is 8.19. The van der Waals surface area contributed by atoms with Crippen LogP contribution in [-0.4, -0.2) is 29.1 Å². The molecule has 1 aromatic heterocycles. The van der Waals surface area contributed by atoms with Crippen molar-refractivity contribution < 1.29 is 14.3 Å². The minimum atomic E-state index is -0.124. The van der Waals surface area contributed by atoms with Crippen molar-refractivity contribution in [1.29, 1.82) is 0 Å². The zero-order chi connectivity index (χ0) is 22.5. The van der Waals surface area contributed by atoms with Gasteiger partial charge in [0, 0.05) is 30.0 Å². The molecule has 1 aliphatic rings. The molecule has 1 aliphatic heterocycles. The Balaban J connectivity index is 1.48. The van der Waals surface area contributed by atoms with Crippen LogP contribution in [0.1, 0.15) is 40.5 Å². The Bertz CT molecular complexity index is 1070. The maximum atomic E-state index is 12.4. The van der Waals surface area contributed by atoms with Crippen LogP contribution in [-0.2, 0) is 19.6 Å². The van der Waals surface area contributed by atoms with Gasteiger partial charge in [-0.2, -0.15) is 0 Å². The van der Waals surface area contributed by atoms with Crippen molar-refractivity contribution >= 4 is 28.8 Å². The summed E-state index contributed by atoms with van der Waals surface area (Å²) in [6, 6.07) is 13.9. The number of hydrogen-bond acceptors (Lipinski definition) is 6. The molecule has 0 atom stereocenters. The number of aromatic nitrogens is 1. The lowest BCUT2D eigenvalue weighted by Crippen LogP contribution is -2.27. The number of carbonyl (C=O) groups is 1. The van der Waals surface area contributed by atoms with Crippen molar-refractivity contribution in [2.24, 2.45) is 5.92 Å². The van der Waals surface area contributed by atoms with E-state index >= 15 is 0 Å². The summed E-state index contributed by atoms with van der Waals surface area (Å²) >= 11 is 7.56. The number of amides is 1. The number of nitrogens with zero attached hydrogens (tertiary/aromatic N) is 2. The van der Waals surface area contributed by atoms with Crippen LogP contribution in [0, 0.1) is 5.92 Å². The first-order valence-electron chi connectivity index (χ1n) is 10.5. The molecule has 4 rings (SSSR count). The number of thiazole rings is 1. The number of benzene rings is 2. The molecule has 0 bridgehead atoms. The molecule has 0 aliphatic carbocycles. The molecule has 168 valence electrons. The van der Waals surface area contributed by atoms with Gasteiger partial charge < -0.3 is 14.8 Å². The molecule has 0 radical (unpaired) electrons. The van der Waals surface area contributed by atoms with Gasteiger partial charge in [0.2, 0.25) is 6.79 Å². The summed E-state index contributed by atoms with van der Waals surface area (Å²) in [5, 5.41) is 6.37. The predicted molar refractivity (Wildman–Crippen MR) is 126 cm³/mol. The molecule has 1 amide bonds. The molecular weight excluding hydrogens is 446 g/mol. The van der Waals surface area contributed by atoms with E-state index < -0.39 is 0 Å². The Morgan fingerprint density at radius 2 is 1.81 bits per heavy atom. The van der Waals surface area contributed by atoms with Crippen LogP contribution in [0.25, 0.3) is 0 Å². The lowest BCUT2D eigenvalue weighted by Gasteiger charge is -2.22. The maximum absolute atomic E-state index is 12.4. The van der Waals surface area contributed by atoms with E-state index in [2.05, 4.69) is 35.1 Å². The third-order valence-electron chi connectivity index (χ3n) is 4.98. The van der Waals surface area contributed by atoms with E-state index in [4.69, 9.17) is 21.1 Å². The van der Waals surface area contributed by atoms with Gasteiger partial charge in [0.1, 0.15) is 10.7 Å². The van der Waals surface area contributed by atoms with Gasteiger partial charge in [-0.15, -0.1) is 11.3 Å². The fraction of sp³-hybridized carbons (Fsp3) is 0.333. The molecule has 6 nitrogen and oxygen atoms in total. The Labute approximate surface area is 197 Å². The van der Waals surface area contributed by atoms with Crippen LogP contribution in [0.3, 0.4) is 0 Å². The normalized spacial score (nSPS) is 12.5. The molecule has 32 heavy (non-hydrogen) atoms. The third-order valence-corrected chi connectivity index (χ3v) is 6.06. The van der Waals surface area contributed by atoms with E-state index in [1.54, 1.807) is 0 Å². The second kappa shape index (κ2) is 10.3. The van der Waals surface area contributed by atoms with E-state index in [1.807, 2.05) is 41.8 Å². The van der Waals surface area contributed by atoms with E-state index in [0.29, 0.717) is 36.3 Å². The van der Waals surface area contributed by atoms with Gasteiger partial charge in [0.25, 0.3) is 5.91 Å². The molecule has 8 heteroatoms. The number of halogens is 1. The average Bonchev–Trinajstić information content (AvgIpc) is 3.43. The lowest BCUT2D eigenvalue weighted by atomic mass is 10.1. The van der Waals surface area contributed by atoms with E-state index in [-0.39, 0.29) is 12.7 Å². The summed E-state index contributed by atoms with van der Waals surface area (Å²) in [6.45, 7) is 7.08. The average molecular weight is 472 g/mol.